The van der Waals surface area contributed by atoms with E-state index in [2.05, 4.69) is 4.98 Å². The van der Waals surface area contributed by atoms with Crippen molar-refractivity contribution < 1.29 is 26.8 Å². The van der Waals surface area contributed by atoms with Crippen molar-refractivity contribution in [1.29, 1.82) is 0 Å². The zero-order valence-electron chi connectivity index (χ0n) is 11.4. The Kier molecular flexibility index (Phi) is 5.38. The van der Waals surface area contributed by atoms with Crippen LogP contribution in [0.5, 0.6) is 5.75 Å². The van der Waals surface area contributed by atoms with Crippen molar-refractivity contribution in [2.45, 2.75) is 4.90 Å². The van der Waals surface area contributed by atoms with Gasteiger partial charge in [0.2, 0.25) is 10.0 Å². The van der Waals surface area contributed by atoms with E-state index in [9.17, 15) is 22.3 Å². The maximum atomic E-state index is 12.8. The molecule has 0 aliphatic carbocycles. The van der Waals surface area contributed by atoms with Crippen LogP contribution in [0, 0.1) is 5.82 Å². The number of nitrogens with zero attached hydrogens (tertiary/aromatic N) is 1. The molecule has 124 valence electrons. The van der Waals surface area contributed by atoms with Crippen LogP contribution in [0.2, 0.25) is 5.15 Å². The van der Waals surface area contributed by atoms with Crippen LogP contribution in [0.15, 0.2) is 47.5 Å². The number of hydrogen-bond donors (Lipinski definition) is 2. The molecule has 11 heteroatoms. The molecule has 1 heterocycles. The second-order valence-electron chi connectivity index (χ2n) is 4.28. The van der Waals surface area contributed by atoms with Crippen molar-refractivity contribution in [2.75, 3.05) is 6.29 Å². The van der Waals surface area contributed by atoms with Crippen LogP contribution in [0.25, 0.3) is 0 Å². The third-order valence-electron chi connectivity index (χ3n) is 2.54. The molecule has 0 fully saturated rings. The van der Waals surface area contributed by atoms with Crippen molar-refractivity contribution in [2.24, 2.45) is 0 Å². The van der Waals surface area contributed by atoms with Crippen molar-refractivity contribution >= 4 is 29.2 Å². The fourth-order valence-electron chi connectivity index (χ4n) is 1.49. The van der Waals surface area contributed by atoms with E-state index in [1.165, 1.54) is 18.3 Å². The van der Waals surface area contributed by atoms with Gasteiger partial charge in [-0.2, -0.15) is 4.72 Å². The summed E-state index contributed by atoms with van der Waals surface area (Å²) >= 11 is 5.69. The van der Waals surface area contributed by atoms with E-state index < -0.39 is 29.7 Å². The van der Waals surface area contributed by atoms with E-state index in [-0.39, 0.29) is 15.8 Å². The molecule has 1 atom stereocenters. The van der Waals surface area contributed by atoms with Crippen molar-refractivity contribution in [3.8, 4) is 5.75 Å². The summed E-state index contributed by atoms with van der Waals surface area (Å²) in [6.07, 6.45) is 0.465. The fraction of sp³-hybridized carbons (Fsp3) is 0.0833. The molecule has 2 aromatic rings. The highest BCUT2D eigenvalue weighted by molar-refractivity contribution is 7.89. The first kappa shape index (κ1) is 17.8. The van der Waals surface area contributed by atoms with E-state index in [1.807, 2.05) is 4.72 Å². The predicted molar refractivity (Wildman–Crippen MR) is 81.3 cm³/mol. The Bertz CT molecular complexity index is 847. The van der Waals surface area contributed by atoms with Crippen LogP contribution >= 0.6 is 19.2 Å². The average Bonchev–Trinajstić information content (AvgIpc) is 2.48. The quantitative estimate of drug-likeness (QED) is 0.588. The van der Waals surface area contributed by atoms with Crippen LogP contribution < -0.4 is 9.25 Å². The molecule has 0 radical (unpaired) electrons. The third-order valence-corrected chi connectivity index (χ3v) is 5.50. The van der Waals surface area contributed by atoms with Gasteiger partial charge in [-0.05, 0) is 36.4 Å². The molecule has 0 saturated heterocycles. The first-order valence-electron chi connectivity index (χ1n) is 6.07. The lowest BCUT2D eigenvalue weighted by atomic mass is 10.4. The highest BCUT2D eigenvalue weighted by atomic mass is 35.5. The lowest BCUT2D eigenvalue weighted by Crippen LogP contribution is -2.25. The minimum Gasteiger partial charge on any atom is -0.420 e. The summed E-state index contributed by atoms with van der Waals surface area (Å²) in [7, 11) is -8.45. The summed E-state index contributed by atoms with van der Waals surface area (Å²) in [5.74, 6) is -0.757. The highest BCUT2D eigenvalue weighted by Gasteiger charge is 2.26. The van der Waals surface area contributed by atoms with Crippen LogP contribution in [0.3, 0.4) is 0 Å². The maximum absolute atomic E-state index is 12.8. The molecule has 0 amide bonds. The Labute approximate surface area is 136 Å². The number of hydrogen-bond acceptors (Lipinski definition) is 5. The van der Waals surface area contributed by atoms with Gasteiger partial charge in [0.05, 0.1) is 4.90 Å². The molecule has 0 spiro atoms. The first-order valence-corrected chi connectivity index (χ1v) is 9.69. The minimum atomic E-state index is -4.36. The van der Waals surface area contributed by atoms with Gasteiger partial charge in [0.25, 0.3) is 0 Å². The van der Waals surface area contributed by atoms with E-state index >= 15 is 0 Å². The Morgan fingerprint density at radius 2 is 1.96 bits per heavy atom. The zero-order valence-corrected chi connectivity index (χ0v) is 13.9. The Balaban J connectivity index is 2.08. The van der Waals surface area contributed by atoms with Crippen molar-refractivity contribution in [3.63, 3.8) is 0 Å². The molecule has 1 aromatic carbocycles. The Morgan fingerprint density at radius 1 is 1.30 bits per heavy atom. The van der Waals surface area contributed by atoms with Gasteiger partial charge < -0.3 is 9.42 Å². The molecule has 1 unspecified atom stereocenters. The van der Waals surface area contributed by atoms with Gasteiger partial charge in [-0.3, -0.25) is 0 Å². The largest absolute Gasteiger partial charge is 0.420 e. The normalized spacial score (nSPS) is 14.2. The molecule has 0 bridgehead atoms. The smallest absolute Gasteiger partial charge is 0.391 e. The second kappa shape index (κ2) is 6.94. The van der Waals surface area contributed by atoms with Crippen molar-refractivity contribution in [3.05, 3.63) is 53.6 Å². The molecule has 0 saturated carbocycles. The Morgan fingerprint density at radius 3 is 2.57 bits per heavy atom. The number of pyridine rings is 1. The average molecular weight is 381 g/mol. The van der Waals surface area contributed by atoms with Crippen LogP contribution in [-0.2, 0) is 14.6 Å². The molecular weight excluding hydrogens is 370 g/mol. The van der Waals surface area contributed by atoms with Crippen LogP contribution in [0.1, 0.15) is 0 Å². The van der Waals surface area contributed by atoms with E-state index in [0.29, 0.717) is 0 Å². The molecule has 1 aromatic heterocycles. The number of aromatic nitrogens is 1. The minimum absolute atomic E-state index is 0.136. The summed E-state index contributed by atoms with van der Waals surface area (Å²) in [5, 5.41) is -0.136. The number of nitrogens with one attached hydrogen (secondary N) is 1. The third kappa shape index (κ3) is 4.98. The molecular formula is C12H11ClFN2O5PS. The second-order valence-corrected chi connectivity index (χ2v) is 8.18. The summed E-state index contributed by atoms with van der Waals surface area (Å²) in [6, 6.07) is 6.71. The standard InChI is InChI=1S/C12H11ClFN2O5PS/c13-12-11(2-1-7-15-12)21-22(17,18)8-16-23(19,20)10-5-3-9(14)4-6-10/h1-7,16H,8H2,(H,17,18). The summed E-state index contributed by atoms with van der Waals surface area (Å²) in [6.45, 7) is 0. The topological polar surface area (TPSA) is 106 Å². The summed E-state index contributed by atoms with van der Waals surface area (Å²) in [5.41, 5.74) is 0. The number of sulfonamides is 1. The van der Waals surface area contributed by atoms with Gasteiger partial charge in [-0.25, -0.2) is 22.4 Å². The fourth-order valence-corrected chi connectivity index (χ4v) is 4.21. The number of benzene rings is 1. The maximum Gasteiger partial charge on any atom is 0.391 e. The van der Waals surface area contributed by atoms with Gasteiger partial charge in [-0.1, -0.05) is 11.6 Å². The summed E-state index contributed by atoms with van der Waals surface area (Å²) < 4.78 is 55.4. The van der Waals surface area contributed by atoms with Gasteiger partial charge in [0.15, 0.2) is 10.9 Å². The van der Waals surface area contributed by atoms with E-state index in [0.717, 1.165) is 24.3 Å². The van der Waals surface area contributed by atoms with E-state index in [1.54, 1.807) is 0 Å². The molecule has 0 aliphatic heterocycles. The predicted octanol–water partition coefficient (Wildman–Crippen LogP) is 2.37. The molecule has 7 nitrogen and oxygen atoms in total. The molecule has 2 N–H and O–H groups in total. The van der Waals surface area contributed by atoms with Crippen molar-refractivity contribution in [1.82, 2.24) is 9.71 Å². The molecule has 23 heavy (non-hydrogen) atoms. The van der Waals surface area contributed by atoms with Gasteiger partial charge in [-0.15, -0.1) is 0 Å². The molecule has 2 rings (SSSR count). The Hall–Kier alpha value is -1.51. The number of rotatable bonds is 6. The molecule has 0 aliphatic rings. The lowest BCUT2D eigenvalue weighted by molar-refractivity contribution is 0.377. The highest BCUT2D eigenvalue weighted by Crippen LogP contribution is 2.43. The first-order chi connectivity index (χ1) is 10.7. The number of halogens is 2. The van der Waals surface area contributed by atoms with E-state index in [4.69, 9.17) is 16.1 Å². The van der Waals surface area contributed by atoms with Gasteiger partial charge >= 0.3 is 7.60 Å². The van der Waals surface area contributed by atoms with Gasteiger partial charge in [0, 0.05) is 6.20 Å². The lowest BCUT2D eigenvalue weighted by Gasteiger charge is -2.14. The van der Waals surface area contributed by atoms with Crippen LogP contribution in [0.4, 0.5) is 4.39 Å². The van der Waals surface area contributed by atoms with Gasteiger partial charge in [0.1, 0.15) is 12.1 Å². The summed E-state index contributed by atoms with van der Waals surface area (Å²) in [4.78, 5) is 13.1. The zero-order chi connectivity index (χ0) is 17.1. The monoisotopic (exact) mass is 380 g/mol. The SMILES string of the molecule is O=P(O)(CNS(=O)(=O)c1ccc(F)cc1)Oc1cccnc1Cl. The van der Waals surface area contributed by atoms with Crippen LogP contribution in [-0.4, -0.2) is 24.6 Å².